The molecular weight excluding hydrogens is 294 g/mol. The summed E-state index contributed by atoms with van der Waals surface area (Å²) in [5.74, 6) is 0.970. The van der Waals surface area contributed by atoms with Crippen LogP contribution in [0.1, 0.15) is 35.2 Å². The number of hydrogen-bond donors (Lipinski definition) is 2. The third-order valence-electron chi connectivity index (χ3n) is 2.83. The molecule has 108 valence electrons. The molecule has 0 saturated carbocycles. The lowest BCUT2D eigenvalue weighted by Crippen LogP contribution is -2.12. The molecule has 0 spiro atoms. The van der Waals surface area contributed by atoms with Crippen LogP contribution in [0.3, 0.4) is 0 Å². The molecule has 0 aliphatic carbocycles. The van der Waals surface area contributed by atoms with Crippen molar-refractivity contribution in [3.63, 3.8) is 0 Å². The second-order valence-corrected chi connectivity index (χ2v) is 6.32. The minimum Gasteiger partial charge on any atom is -0.354 e. The number of aryl methyl sites for hydroxylation is 2. The summed E-state index contributed by atoms with van der Waals surface area (Å²) in [6.45, 7) is 9.02. The third-order valence-corrected chi connectivity index (χ3v) is 3.99. The number of halogens is 1. The molecule has 2 N–H and O–H groups in total. The number of nitrogens with one attached hydrogen (secondary N) is 2. The van der Waals surface area contributed by atoms with E-state index in [1.165, 1.54) is 15.3 Å². The van der Waals surface area contributed by atoms with E-state index in [0.717, 1.165) is 6.54 Å². The number of aromatic nitrogens is 3. The second kappa shape index (κ2) is 6.37. The van der Waals surface area contributed by atoms with Crippen molar-refractivity contribution in [2.45, 2.75) is 33.7 Å². The maximum Gasteiger partial charge on any atom is 0.229 e. The van der Waals surface area contributed by atoms with E-state index in [1.807, 2.05) is 6.92 Å². The number of anilines is 2. The third kappa shape index (κ3) is 3.58. The van der Waals surface area contributed by atoms with Crippen LogP contribution < -0.4 is 10.6 Å². The van der Waals surface area contributed by atoms with Gasteiger partial charge in [0.25, 0.3) is 0 Å². The molecule has 2 rings (SSSR count). The average Bonchev–Trinajstić information content (AvgIpc) is 2.68. The van der Waals surface area contributed by atoms with Crippen molar-refractivity contribution in [2.75, 3.05) is 17.2 Å². The molecular formula is C13H18ClN5S. The van der Waals surface area contributed by atoms with Gasteiger partial charge in [-0.1, -0.05) is 0 Å². The molecule has 0 saturated heterocycles. The summed E-state index contributed by atoms with van der Waals surface area (Å²) in [6, 6.07) is 2.30. The molecule has 2 aromatic rings. The molecule has 0 aliphatic rings. The van der Waals surface area contributed by atoms with Gasteiger partial charge in [0, 0.05) is 16.3 Å². The SMILES string of the molecule is CCNc1nc(Cl)nc(NC(C)c2cc(C)sc2C)n1. The Balaban J connectivity index is 2.18. The van der Waals surface area contributed by atoms with Gasteiger partial charge in [0.15, 0.2) is 0 Å². The zero-order valence-corrected chi connectivity index (χ0v) is 13.6. The van der Waals surface area contributed by atoms with Gasteiger partial charge in [-0.15, -0.1) is 11.3 Å². The van der Waals surface area contributed by atoms with Crippen LogP contribution in [0.2, 0.25) is 5.28 Å². The van der Waals surface area contributed by atoms with Crippen LogP contribution in [0.15, 0.2) is 6.07 Å². The lowest BCUT2D eigenvalue weighted by molar-refractivity contribution is 0.851. The van der Waals surface area contributed by atoms with E-state index in [1.54, 1.807) is 11.3 Å². The van der Waals surface area contributed by atoms with Crippen molar-refractivity contribution < 1.29 is 0 Å². The normalized spacial score (nSPS) is 12.2. The topological polar surface area (TPSA) is 62.7 Å². The quantitative estimate of drug-likeness (QED) is 0.879. The van der Waals surface area contributed by atoms with Gasteiger partial charge in [0.2, 0.25) is 17.2 Å². The average molecular weight is 312 g/mol. The molecule has 0 aliphatic heterocycles. The molecule has 0 bridgehead atoms. The Morgan fingerprint density at radius 1 is 1.25 bits per heavy atom. The number of hydrogen-bond acceptors (Lipinski definition) is 6. The molecule has 0 fully saturated rings. The first kappa shape index (κ1) is 15.0. The van der Waals surface area contributed by atoms with E-state index in [0.29, 0.717) is 11.9 Å². The van der Waals surface area contributed by atoms with Crippen molar-refractivity contribution >= 4 is 34.8 Å². The summed E-state index contributed by atoms with van der Waals surface area (Å²) >= 11 is 7.70. The zero-order chi connectivity index (χ0) is 14.7. The van der Waals surface area contributed by atoms with Crippen LogP contribution in [0.4, 0.5) is 11.9 Å². The summed E-state index contributed by atoms with van der Waals surface area (Å²) in [5.41, 5.74) is 1.26. The molecule has 0 aromatic carbocycles. The second-order valence-electron chi connectivity index (χ2n) is 4.52. The highest BCUT2D eigenvalue weighted by Gasteiger charge is 2.13. The fraction of sp³-hybridized carbons (Fsp3) is 0.462. The largest absolute Gasteiger partial charge is 0.354 e. The minimum atomic E-state index is 0.118. The Morgan fingerprint density at radius 2 is 1.95 bits per heavy atom. The summed E-state index contributed by atoms with van der Waals surface area (Å²) in [6.07, 6.45) is 0. The predicted molar refractivity (Wildman–Crippen MR) is 84.8 cm³/mol. The molecule has 2 heterocycles. The summed E-state index contributed by atoms with van der Waals surface area (Å²) in [7, 11) is 0. The monoisotopic (exact) mass is 311 g/mol. The van der Waals surface area contributed by atoms with Gasteiger partial charge in [-0.25, -0.2) is 0 Å². The van der Waals surface area contributed by atoms with E-state index in [9.17, 15) is 0 Å². The fourth-order valence-corrected chi connectivity index (χ4v) is 3.19. The van der Waals surface area contributed by atoms with Crippen LogP contribution in [-0.2, 0) is 0 Å². The summed E-state index contributed by atoms with van der Waals surface area (Å²) < 4.78 is 0. The molecule has 2 aromatic heterocycles. The van der Waals surface area contributed by atoms with Crippen molar-refractivity contribution in [2.24, 2.45) is 0 Å². The van der Waals surface area contributed by atoms with Crippen molar-refractivity contribution in [3.05, 3.63) is 26.7 Å². The Bertz CT molecular complexity index is 598. The predicted octanol–water partition coefficient (Wildman–Crippen LogP) is 3.81. The van der Waals surface area contributed by atoms with Gasteiger partial charge in [0.05, 0.1) is 6.04 Å². The Morgan fingerprint density at radius 3 is 2.55 bits per heavy atom. The molecule has 7 heteroatoms. The van der Waals surface area contributed by atoms with Gasteiger partial charge in [0.1, 0.15) is 0 Å². The highest BCUT2D eigenvalue weighted by molar-refractivity contribution is 7.12. The molecule has 0 radical (unpaired) electrons. The van der Waals surface area contributed by atoms with Crippen LogP contribution in [-0.4, -0.2) is 21.5 Å². The van der Waals surface area contributed by atoms with E-state index < -0.39 is 0 Å². The maximum atomic E-state index is 5.91. The van der Waals surface area contributed by atoms with E-state index in [4.69, 9.17) is 11.6 Å². The van der Waals surface area contributed by atoms with Crippen LogP contribution in [0, 0.1) is 13.8 Å². The summed E-state index contributed by atoms with van der Waals surface area (Å²) in [5, 5.41) is 6.49. The minimum absolute atomic E-state index is 0.118. The lowest BCUT2D eigenvalue weighted by atomic mass is 10.1. The van der Waals surface area contributed by atoms with Crippen molar-refractivity contribution in [3.8, 4) is 0 Å². The molecule has 5 nitrogen and oxygen atoms in total. The maximum absolute atomic E-state index is 5.91. The number of nitrogens with zero attached hydrogens (tertiary/aromatic N) is 3. The molecule has 1 unspecified atom stereocenters. The molecule has 0 amide bonds. The van der Waals surface area contributed by atoms with E-state index in [2.05, 4.69) is 52.4 Å². The Labute approximate surface area is 127 Å². The summed E-state index contributed by atoms with van der Waals surface area (Å²) in [4.78, 5) is 15.0. The number of rotatable bonds is 5. The van der Waals surface area contributed by atoms with Crippen LogP contribution >= 0.6 is 22.9 Å². The number of thiophene rings is 1. The zero-order valence-electron chi connectivity index (χ0n) is 12.0. The highest BCUT2D eigenvalue weighted by atomic mass is 35.5. The van der Waals surface area contributed by atoms with Gasteiger partial charge < -0.3 is 10.6 Å². The van der Waals surface area contributed by atoms with Gasteiger partial charge in [-0.2, -0.15) is 15.0 Å². The standard InChI is InChI=1S/C13H18ClN5S/c1-5-15-12-17-11(14)18-13(19-12)16-8(3)10-6-7(2)20-9(10)4/h6,8H,5H2,1-4H3,(H2,15,16,17,18,19). The van der Waals surface area contributed by atoms with Crippen molar-refractivity contribution in [1.29, 1.82) is 0 Å². The Hall–Kier alpha value is -1.40. The van der Waals surface area contributed by atoms with Gasteiger partial charge in [-0.05, 0) is 50.9 Å². The van der Waals surface area contributed by atoms with E-state index in [-0.39, 0.29) is 11.3 Å². The lowest BCUT2D eigenvalue weighted by Gasteiger charge is -2.14. The van der Waals surface area contributed by atoms with Crippen molar-refractivity contribution in [1.82, 2.24) is 15.0 Å². The van der Waals surface area contributed by atoms with Gasteiger partial charge >= 0.3 is 0 Å². The smallest absolute Gasteiger partial charge is 0.229 e. The molecule has 1 atom stereocenters. The fourth-order valence-electron chi connectivity index (χ4n) is 2.00. The molecule has 20 heavy (non-hydrogen) atoms. The van der Waals surface area contributed by atoms with Crippen LogP contribution in [0.5, 0.6) is 0 Å². The van der Waals surface area contributed by atoms with Crippen LogP contribution in [0.25, 0.3) is 0 Å². The van der Waals surface area contributed by atoms with Gasteiger partial charge in [-0.3, -0.25) is 0 Å². The van der Waals surface area contributed by atoms with E-state index >= 15 is 0 Å². The first-order valence-electron chi connectivity index (χ1n) is 6.48. The first-order chi connectivity index (χ1) is 9.49. The first-order valence-corrected chi connectivity index (χ1v) is 7.68. The Kier molecular flexibility index (Phi) is 4.77. The highest BCUT2D eigenvalue weighted by Crippen LogP contribution is 2.28.